The van der Waals surface area contributed by atoms with Crippen molar-refractivity contribution in [2.45, 2.75) is 123 Å². The van der Waals surface area contributed by atoms with Gasteiger partial charge in [-0.3, -0.25) is 9.46 Å². The van der Waals surface area contributed by atoms with Crippen molar-refractivity contribution < 1.29 is 20.5 Å². The van der Waals surface area contributed by atoms with Crippen LogP contribution in [0.2, 0.25) is 0 Å². The second-order valence-corrected chi connectivity index (χ2v) is 9.91. The normalized spacial score (nSPS) is 27.6. The van der Waals surface area contributed by atoms with E-state index in [1.165, 1.54) is 19.3 Å². The fraction of sp³-hybridized carbons (Fsp3) is 0.952. The van der Waals surface area contributed by atoms with E-state index in [9.17, 15) is 9.90 Å². The van der Waals surface area contributed by atoms with Crippen molar-refractivity contribution in [2.24, 2.45) is 0 Å². The standard InChI is InChI=1S/C21H42NO4P/c1-8-9-10-11-12-13-19(23)14-27(22(15(2)3)16(4)5)26-21-18(7)25-17(6)20(21)24/h15-18,20-21,24H,8-14H2,1-7H3/t17-,18+,20-,21+,27?/m0/s1/i7D. The minimum Gasteiger partial charge on any atom is -0.388 e. The fourth-order valence-corrected chi connectivity index (χ4v) is 6.01. The van der Waals surface area contributed by atoms with Gasteiger partial charge in [0, 0.05) is 19.9 Å². The zero-order chi connectivity index (χ0) is 21.3. The van der Waals surface area contributed by atoms with Crippen LogP contribution >= 0.6 is 8.30 Å². The lowest BCUT2D eigenvalue weighted by molar-refractivity contribution is -0.117. The molecule has 1 aliphatic heterocycles. The molecule has 5 atom stereocenters. The van der Waals surface area contributed by atoms with Crippen LogP contribution in [0.25, 0.3) is 0 Å². The van der Waals surface area contributed by atoms with E-state index >= 15 is 0 Å². The average Bonchev–Trinajstić information content (AvgIpc) is 2.88. The molecule has 1 fully saturated rings. The third-order valence-corrected chi connectivity index (χ3v) is 7.55. The Kier molecular flexibility index (Phi) is 10.7. The van der Waals surface area contributed by atoms with Gasteiger partial charge in [0.1, 0.15) is 26.3 Å². The van der Waals surface area contributed by atoms with Gasteiger partial charge in [-0.15, -0.1) is 0 Å². The maximum absolute atomic E-state index is 12.7. The van der Waals surface area contributed by atoms with E-state index in [-0.39, 0.29) is 30.9 Å². The van der Waals surface area contributed by atoms with Gasteiger partial charge in [-0.25, -0.2) is 0 Å². The number of nitrogens with zero attached hydrogens (tertiary/aromatic N) is 1. The lowest BCUT2D eigenvalue weighted by Gasteiger charge is -2.39. The van der Waals surface area contributed by atoms with Gasteiger partial charge in [-0.1, -0.05) is 32.6 Å². The summed E-state index contributed by atoms with van der Waals surface area (Å²) in [6, 6.07) is 0.463. The van der Waals surface area contributed by atoms with Gasteiger partial charge in [-0.05, 0) is 47.9 Å². The number of Topliss-reactive ketones (excluding diaryl/α,β-unsaturated/α-hetero) is 1. The first-order valence-electron chi connectivity index (χ1n) is 11.3. The van der Waals surface area contributed by atoms with Gasteiger partial charge >= 0.3 is 0 Å². The van der Waals surface area contributed by atoms with Gasteiger partial charge in [0.15, 0.2) is 0 Å². The number of unbranched alkanes of at least 4 members (excludes halogenated alkanes) is 4. The minimum absolute atomic E-state index is 0.0456. The summed E-state index contributed by atoms with van der Waals surface area (Å²) in [5, 5.41) is 10.5. The number of ether oxygens (including phenoxy) is 1. The molecule has 27 heavy (non-hydrogen) atoms. The first-order chi connectivity index (χ1) is 13.2. The molecule has 0 saturated carbocycles. The van der Waals surface area contributed by atoms with Crippen molar-refractivity contribution in [1.82, 2.24) is 4.67 Å². The average molecular weight is 405 g/mol. The molecular formula is C21H42NO4P. The predicted molar refractivity (Wildman–Crippen MR) is 113 cm³/mol. The third-order valence-electron chi connectivity index (χ3n) is 5.00. The third kappa shape index (κ3) is 8.06. The van der Waals surface area contributed by atoms with Crippen LogP contribution in [0.3, 0.4) is 0 Å². The van der Waals surface area contributed by atoms with Gasteiger partial charge in [0.25, 0.3) is 0 Å². The quantitative estimate of drug-likeness (QED) is 0.349. The summed E-state index contributed by atoms with van der Waals surface area (Å²) in [5.74, 6) is 0.234. The lowest BCUT2D eigenvalue weighted by atomic mass is 10.1. The van der Waals surface area contributed by atoms with Crippen molar-refractivity contribution in [1.29, 1.82) is 0 Å². The first kappa shape index (κ1) is 23.2. The molecule has 1 saturated heterocycles. The number of rotatable bonds is 13. The van der Waals surface area contributed by atoms with E-state index in [0.717, 1.165) is 12.8 Å². The van der Waals surface area contributed by atoms with Crippen LogP contribution in [0, 0.1) is 0 Å². The fourth-order valence-electron chi connectivity index (χ4n) is 3.63. The van der Waals surface area contributed by atoms with E-state index < -0.39 is 26.6 Å². The smallest absolute Gasteiger partial charge is 0.140 e. The molecule has 0 amide bonds. The highest BCUT2D eigenvalue weighted by atomic mass is 31.2. The Hall–Kier alpha value is -0.0600. The molecule has 5 nitrogen and oxygen atoms in total. The summed E-state index contributed by atoms with van der Waals surface area (Å²) in [4.78, 5) is 12.7. The Bertz CT molecular complexity index is 444. The molecule has 1 aliphatic rings. The van der Waals surface area contributed by atoms with Gasteiger partial charge in [-0.2, -0.15) is 0 Å². The van der Waals surface area contributed by atoms with E-state index in [0.29, 0.717) is 12.6 Å². The van der Waals surface area contributed by atoms with Crippen LogP contribution in [-0.2, 0) is 14.1 Å². The molecule has 1 rings (SSSR count). The SMILES string of the molecule is [2H]C[C@H]1O[C@@H](C)[C@H](O)[C@@H]1OP(CC(=O)CCCCCCC)N(C(C)C)C(C)C. The van der Waals surface area contributed by atoms with Crippen LogP contribution in [0.1, 0.15) is 88.3 Å². The van der Waals surface area contributed by atoms with Gasteiger partial charge < -0.3 is 14.4 Å². The summed E-state index contributed by atoms with van der Waals surface area (Å²) in [6.07, 6.45) is 4.53. The number of ketones is 1. The molecule has 0 spiro atoms. The van der Waals surface area contributed by atoms with E-state index in [2.05, 4.69) is 39.3 Å². The number of aliphatic hydroxyl groups excluding tert-OH is 1. The zero-order valence-corrected chi connectivity index (χ0v) is 19.1. The second-order valence-electron chi connectivity index (χ2n) is 8.22. The molecule has 0 bridgehead atoms. The van der Waals surface area contributed by atoms with Crippen molar-refractivity contribution in [3.8, 4) is 0 Å². The number of carbonyl (C=O) groups excluding carboxylic acids is 1. The Balaban J connectivity index is 2.80. The minimum atomic E-state index is -1.20. The largest absolute Gasteiger partial charge is 0.388 e. The zero-order valence-electron chi connectivity index (χ0n) is 19.2. The summed E-state index contributed by atoms with van der Waals surface area (Å²) < 4.78 is 22.0. The highest BCUT2D eigenvalue weighted by molar-refractivity contribution is 7.51. The number of carbonyl (C=O) groups is 1. The number of hydrogen-bond acceptors (Lipinski definition) is 5. The van der Waals surface area contributed by atoms with Gasteiger partial charge in [0.2, 0.25) is 0 Å². The molecule has 1 unspecified atom stereocenters. The van der Waals surface area contributed by atoms with Crippen LogP contribution in [-0.4, -0.2) is 58.2 Å². The van der Waals surface area contributed by atoms with Gasteiger partial charge in [0.05, 0.1) is 18.4 Å². The second kappa shape index (κ2) is 12.5. The molecule has 0 aromatic rings. The Morgan fingerprint density at radius 1 is 1.19 bits per heavy atom. The molecule has 160 valence electrons. The monoisotopic (exact) mass is 404 g/mol. The van der Waals surface area contributed by atoms with Crippen LogP contribution in [0.5, 0.6) is 0 Å². The topological polar surface area (TPSA) is 59.0 Å². The highest BCUT2D eigenvalue weighted by Crippen LogP contribution is 2.48. The Labute approximate surface area is 169 Å². The molecule has 6 heteroatoms. The molecule has 0 radical (unpaired) electrons. The summed E-state index contributed by atoms with van der Waals surface area (Å²) in [6.45, 7) is 12.5. The molecule has 1 heterocycles. The molecule has 0 aromatic carbocycles. The predicted octanol–water partition coefficient (Wildman–Crippen LogP) is 4.90. The Morgan fingerprint density at radius 3 is 2.37 bits per heavy atom. The van der Waals surface area contributed by atoms with Crippen molar-refractivity contribution in [2.75, 3.05) is 6.16 Å². The van der Waals surface area contributed by atoms with Crippen LogP contribution in [0.4, 0.5) is 0 Å². The van der Waals surface area contributed by atoms with E-state index in [1.54, 1.807) is 0 Å². The molecular weight excluding hydrogens is 361 g/mol. The molecule has 0 aliphatic carbocycles. The van der Waals surface area contributed by atoms with E-state index in [1.807, 2.05) is 6.92 Å². The molecule has 0 aromatic heterocycles. The first-order valence-corrected chi connectivity index (χ1v) is 12.0. The summed E-state index contributed by atoms with van der Waals surface area (Å²) >= 11 is 0. The maximum Gasteiger partial charge on any atom is 0.140 e. The number of aliphatic hydroxyl groups is 1. The van der Waals surface area contributed by atoms with Crippen molar-refractivity contribution >= 4 is 14.1 Å². The molecule has 1 N–H and O–H groups in total. The van der Waals surface area contributed by atoms with Crippen molar-refractivity contribution in [3.05, 3.63) is 0 Å². The highest BCUT2D eigenvalue weighted by Gasteiger charge is 2.42. The van der Waals surface area contributed by atoms with Crippen LogP contribution < -0.4 is 0 Å². The van der Waals surface area contributed by atoms with Crippen molar-refractivity contribution in [3.63, 3.8) is 0 Å². The van der Waals surface area contributed by atoms with E-state index in [4.69, 9.17) is 10.6 Å². The lowest BCUT2D eigenvalue weighted by Crippen LogP contribution is -2.39. The number of hydrogen-bond donors (Lipinski definition) is 1. The Morgan fingerprint density at radius 2 is 1.81 bits per heavy atom. The summed E-state index contributed by atoms with van der Waals surface area (Å²) in [7, 11) is -1.20. The van der Waals surface area contributed by atoms with Crippen LogP contribution in [0.15, 0.2) is 0 Å². The maximum atomic E-state index is 12.7. The summed E-state index contributed by atoms with van der Waals surface area (Å²) in [5.41, 5.74) is 0.